The number of nitrogens with zero attached hydrogens (tertiary/aromatic N) is 1. The molecule has 3 aromatic carbocycles. The first-order valence-electron chi connectivity index (χ1n) is 9.00. The van der Waals surface area contributed by atoms with Crippen LogP contribution < -0.4 is 15.1 Å². The van der Waals surface area contributed by atoms with E-state index >= 15 is 0 Å². The Labute approximate surface area is 177 Å². The molecule has 0 spiro atoms. The zero-order valence-corrected chi connectivity index (χ0v) is 17.2. The number of halogens is 1. The molecule has 0 bridgehead atoms. The van der Waals surface area contributed by atoms with Crippen LogP contribution in [0.5, 0.6) is 11.5 Å². The van der Waals surface area contributed by atoms with Gasteiger partial charge in [-0.15, -0.1) is 0 Å². The van der Waals surface area contributed by atoms with Crippen LogP contribution in [0.3, 0.4) is 0 Å². The number of urea groups is 1. The first-order chi connectivity index (χ1) is 13.6. The quantitative estimate of drug-likeness (QED) is 0.196. The summed E-state index contributed by atoms with van der Waals surface area (Å²) < 4.78 is 6.47. The Hall–Kier alpha value is -2.58. The number of rotatable bonds is 4. The van der Waals surface area contributed by atoms with E-state index in [1.165, 1.54) is 17.5 Å². The number of alkyl halides is 1. The van der Waals surface area contributed by atoms with Gasteiger partial charge in [-0.05, 0) is 72.5 Å². The van der Waals surface area contributed by atoms with Crippen molar-refractivity contribution in [3.8, 4) is 11.5 Å². The lowest BCUT2D eigenvalue weighted by Crippen LogP contribution is -2.31. The van der Waals surface area contributed by atoms with Crippen LogP contribution in [0, 0.1) is 0 Å². The molecule has 2 amide bonds. The summed E-state index contributed by atoms with van der Waals surface area (Å²) in [6.45, 7) is 0. The van der Waals surface area contributed by atoms with E-state index in [1.54, 1.807) is 36.4 Å². The molecule has 1 unspecified atom stereocenters. The Bertz CT molecular complexity index is 977. The van der Waals surface area contributed by atoms with Crippen molar-refractivity contribution < 1.29 is 14.7 Å². The third-order valence-corrected chi connectivity index (χ3v) is 5.95. The summed E-state index contributed by atoms with van der Waals surface area (Å²) in [7, 11) is 0. The summed E-state index contributed by atoms with van der Waals surface area (Å²) in [6.07, 6.45) is 2.29. The van der Waals surface area contributed by atoms with E-state index in [9.17, 15) is 10.0 Å². The molecule has 0 saturated heterocycles. The largest absolute Gasteiger partial charge is 0.457 e. The fourth-order valence-electron chi connectivity index (χ4n) is 3.20. The molecule has 2 N–H and O–H groups in total. The summed E-state index contributed by atoms with van der Waals surface area (Å²) in [5.74, 6) is 1.43. The second-order valence-electron chi connectivity index (χ2n) is 6.57. The molecule has 0 heterocycles. The summed E-state index contributed by atoms with van der Waals surface area (Å²) in [6, 6.07) is 21.3. The van der Waals surface area contributed by atoms with E-state index in [-0.39, 0.29) is 0 Å². The second kappa shape index (κ2) is 8.20. The Morgan fingerprint density at radius 2 is 1.75 bits per heavy atom. The number of fused-ring (bicyclic) bond motifs is 1. The smallest absolute Gasteiger partial charge is 0.350 e. The zero-order chi connectivity index (χ0) is 19.5. The molecule has 0 aromatic heterocycles. The number of nitrogens with one attached hydrogen (secondary N) is 1. The predicted molar refractivity (Wildman–Crippen MR) is 118 cm³/mol. The Kier molecular flexibility index (Phi) is 5.50. The highest BCUT2D eigenvalue weighted by atomic mass is 127. The number of amides is 2. The van der Waals surface area contributed by atoms with Gasteiger partial charge < -0.3 is 10.1 Å². The van der Waals surface area contributed by atoms with Gasteiger partial charge >= 0.3 is 6.03 Å². The number of para-hydroxylation sites is 1. The van der Waals surface area contributed by atoms with Crippen molar-refractivity contribution in [1.82, 2.24) is 0 Å². The van der Waals surface area contributed by atoms with Gasteiger partial charge in [0.2, 0.25) is 0 Å². The third kappa shape index (κ3) is 4.13. The minimum absolute atomic E-state index is 0.349. The summed E-state index contributed by atoms with van der Waals surface area (Å²) >= 11 is 2.47. The highest BCUT2D eigenvalue weighted by Gasteiger charge is 2.20. The number of aryl methyl sites for hydroxylation is 1. The predicted octanol–water partition coefficient (Wildman–Crippen LogP) is 6.33. The average Bonchev–Trinajstić information content (AvgIpc) is 3.09. The van der Waals surface area contributed by atoms with E-state index in [0.29, 0.717) is 26.1 Å². The van der Waals surface area contributed by atoms with Crippen LogP contribution in [0.15, 0.2) is 72.8 Å². The number of ether oxygens (including phenoxy) is 1. The lowest BCUT2D eigenvalue weighted by atomic mass is 10.1. The first-order valence-corrected chi connectivity index (χ1v) is 10.2. The van der Waals surface area contributed by atoms with E-state index in [1.807, 2.05) is 24.3 Å². The van der Waals surface area contributed by atoms with Crippen LogP contribution >= 0.6 is 22.6 Å². The first kappa shape index (κ1) is 18.8. The zero-order valence-electron chi connectivity index (χ0n) is 15.0. The summed E-state index contributed by atoms with van der Waals surface area (Å²) in [5.41, 5.74) is 3.69. The molecule has 0 aliphatic heterocycles. The number of benzene rings is 3. The van der Waals surface area contributed by atoms with E-state index in [2.05, 4.69) is 40.0 Å². The molecular weight excluding hydrogens is 467 g/mol. The minimum atomic E-state index is -0.633. The van der Waals surface area contributed by atoms with E-state index in [0.717, 1.165) is 12.2 Å². The summed E-state index contributed by atoms with van der Waals surface area (Å²) in [5, 5.41) is 13.3. The van der Waals surface area contributed by atoms with Gasteiger partial charge in [-0.25, -0.2) is 4.79 Å². The molecule has 4 rings (SSSR count). The average molecular weight is 486 g/mol. The summed E-state index contributed by atoms with van der Waals surface area (Å²) in [4.78, 5) is 12.2. The van der Waals surface area contributed by atoms with Crippen LogP contribution in [-0.2, 0) is 6.42 Å². The van der Waals surface area contributed by atoms with Gasteiger partial charge in [0.1, 0.15) is 11.5 Å². The normalized spacial score (nSPS) is 15.0. The van der Waals surface area contributed by atoms with Crippen LogP contribution in [-0.4, -0.2) is 11.2 Å². The molecule has 1 aliphatic rings. The van der Waals surface area contributed by atoms with Crippen LogP contribution in [0.1, 0.15) is 21.5 Å². The van der Waals surface area contributed by atoms with Gasteiger partial charge in [-0.2, -0.15) is 5.06 Å². The number of hydrogen-bond donors (Lipinski definition) is 2. The Morgan fingerprint density at radius 1 is 1.04 bits per heavy atom. The minimum Gasteiger partial charge on any atom is -0.457 e. The van der Waals surface area contributed by atoms with Gasteiger partial charge in [0.05, 0.1) is 5.69 Å². The van der Waals surface area contributed by atoms with Crippen LogP contribution in [0.2, 0.25) is 0 Å². The van der Waals surface area contributed by atoms with Gasteiger partial charge in [0.25, 0.3) is 0 Å². The monoisotopic (exact) mass is 486 g/mol. The number of hydroxylamine groups is 1. The Morgan fingerprint density at radius 3 is 2.50 bits per heavy atom. The maximum atomic E-state index is 12.2. The Balaban J connectivity index is 1.42. The molecule has 1 aliphatic carbocycles. The van der Waals surface area contributed by atoms with Crippen molar-refractivity contribution in [2.75, 3.05) is 10.4 Å². The van der Waals surface area contributed by atoms with Crippen molar-refractivity contribution >= 4 is 40.0 Å². The van der Waals surface area contributed by atoms with Crippen LogP contribution in [0.4, 0.5) is 16.2 Å². The van der Waals surface area contributed by atoms with Gasteiger partial charge in [0.15, 0.2) is 0 Å². The molecule has 0 fully saturated rings. The van der Waals surface area contributed by atoms with Gasteiger partial charge in [-0.3, -0.25) is 5.21 Å². The second-order valence-corrected chi connectivity index (χ2v) is 8.07. The van der Waals surface area contributed by atoms with Crippen molar-refractivity contribution in [2.45, 2.75) is 16.8 Å². The maximum Gasteiger partial charge on any atom is 0.350 e. The molecular formula is C22H19IN2O3. The lowest BCUT2D eigenvalue weighted by molar-refractivity contribution is 0.216. The fraction of sp³-hybridized carbons (Fsp3) is 0.136. The molecule has 5 nitrogen and oxygen atoms in total. The number of anilines is 2. The van der Waals surface area contributed by atoms with Crippen molar-refractivity contribution in [3.63, 3.8) is 0 Å². The molecule has 6 heteroatoms. The molecule has 142 valence electrons. The number of carbonyl (C=O) groups is 1. The number of carbonyl (C=O) groups excluding carboxylic acids is 1. The van der Waals surface area contributed by atoms with E-state index in [4.69, 9.17) is 4.74 Å². The standard InChI is InChI=1S/C22H19IN2O3/c23-21-13-7-15-6-10-19(14-20(15)21)28-18-11-8-17(9-12-18)25(27)22(26)24-16-4-2-1-3-5-16/h1-6,8-12,14,21,27H,7,13H2,(H,24,26). The topological polar surface area (TPSA) is 61.8 Å². The SMILES string of the molecule is O=C(Nc1ccccc1)N(O)c1ccc(Oc2ccc3c(c2)C(I)CC3)cc1. The van der Waals surface area contributed by atoms with Gasteiger partial charge in [-0.1, -0.05) is 46.9 Å². The number of hydrogen-bond acceptors (Lipinski definition) is 3. The van der Waals surface area contributed by atoms with Crippen LogP contribution in [0.25, 0.3) is 0 Å². The van der Waals surface area contributed by atoms with Crippen molar-refractivity contribution in [1.29, 1.82) is 0 Å². The van der Waals surface area contributed by atoms with Crippen molar-refractivity contribution in [2.24, 2.45) is 0 Å². The third-order valence-electron chi connectivity index (χ3n) is 4.66. The molecule has 1 atom stereocenters. The molecule has 0 radical (unpaired) electrons. The fourth-order valence-corrected chi connectivity index (χ4v) is 4.09. The highest BCUT2D eigenvalue weighted by Crippen LogP contribution is 2.40. The molecule has 28 heavy (non-hydrogen) atoms. The lowest BCUT2D eigenvalue weighted by Gasteiger charge is -2.16. The van der Waals surface area contributed by atoms with Gasteiger partial charge in [0, 0.05) is 9.61 Å². The van der Waals surface area contributed by atoms with E-state index < -0.39 is 6.03 Å². The molecule has 3 aromatic rings. The highest BCUT2D eigenvalue weighted by molar-refractivity contribution is 14.1. The molecule has 0 saturated carbocycles. The maximum absolute atomic E-state index is 12.2. The van der Waals surface area contributed by atoms with Crippen molar-refractivity contribution in [3.05, 3.63) is 83.9 Å².